The van der Waals surface area contributed by atoms with Gasteiger partial charge in [-0.15, -0.1) is 0 Å². The number of nitrogens with zero attached hydrogens (tertiary/aromatic N) is 2. The number of rotatable bonds is 7. The predicted octanol–water partition coefficient (Wildman–Crippen LogP) is 3.86. The Morgan fingerprint density at radius 3 is 2.50 bits per heavy atom. The largest absolute Gasteiger partial charge is 0.480 e. The van der Waals surface area contributed by atoms with E-state index >= 15 is 0 Å². The Morgan fingerprint density at radius 1 is 1.26 bits per heavy atom. The highest BCUT2D eigenvalue weighted by atomic mass is 35.5. The van der Waals surface area contributed by atoms with E-state index in [0.717, 1.165) is 0 Å². The van der Waals surface area contributed by atoms with Gasteiger partial charge in [0.15, 0.2) is 5.69 Å². The van der Waals surface area contributed by atoms with Gasteiger partial charge in [0, 0.05) is 24.8 Å². The van der Waals surface area contributed by atoms with Crippen LogP contribution < -0.4 is 10.6 Å². The van der Waals surface area contributed by atoms with Crippen molar-refractivity contribution in [2.24, 2.45) is 11.3 Å². The number of carbonyl (C=O) groups is 3. The molecule has 11 heteroatoms. The highest BCUT2D eigenvalue weighted by Crippen LogP contribution is 2.37. The van der Waals surface area contributed by atoms with Crippen LogP contribution in [0.15, 0.2) is 18.2 Å². The molecule has 0 saturated heterocycles. The summed E-state index contributed by atoms with van der Waals surface area (Å²) in [4.78, 5) is 36.7. The lowest BCUT2D eigenvalue weighted by molar-refractivity contribution is -0.138. The van der Waals surface area contributed by atoms with Crippen LogP contribution >= 0.6 is 11.6 Å². The summed E-state index contributed by atoms with van der Waals surface area (Å²) < 4.78 is 28.7. The summed E-state index contributed by atoms with van der Waals surface area (Å²) in [5, 5.41) is 19.1. The normalized spacial score (nSPS) is 17.4. The molecule has 1 aromatic heterocycles. The van der Waals surface area contributed by atoms with Crippen molar-refractivity contribution >= 4 is 40.3 Å². The van der Waals surface area contributed by atoms with Crippen LogP contribution in [0.1, 0.15) is 56.9 Å². The molecule has 0 spiro atoms. The van der Waals surface area contributed by atoms with Crippen LogP contribution in [0.25, 0.3) is 10.9 Å². The molecule has 1 aliphatic carbocycles. The van der Waals surface area contributed by atoms with Crippen molar-refractivity contribution < 1.29 is 28.3 Å². The molecule has 3 N–H and O–H groups in total. The van der Waals surface area contributed by atoms with Crippen molar-refractivity contribution in [1.82, 2.24) is 20.4 Å². The fraction of sp³-hybridized carbons (Fsp3) is 0.565. The van der Waals surface area contributed by atoms with Crippen LogP contribution in [-0.2, 0) is 16.1 Å². The van der Waals surface area contributed by atoms with Gasteiger partial charge in [-0.1, -0.05) is 44.5 Å². The molecule has 1 unspecified atom stereocenters. The zero-order valence-corrected chi connectivity index (χ0v) is 20.1. The SMILES string of the molecule is CC(C)(C)C(NC(=O)c1nn(CC2CCC(F)(F)CC2)c2c(Cl)cccc12)C(=O)NCC(=O)O. The van der Waals surface area contributed by atoms with Gasteiger partial charge < -0.3 is 15.7 Å². The van der Waals surface area contributed by atoms with Crippen molar-refractivity contribution in [3.8, 4) is 0 Å². The number of amides is 2. The summed E-state index contributed by atoms with van der Waals surface area (Å²) in [6, 6.07) is 4.00. The van der Waals surface area contributed by atoms with Crippen molar-refractivity contribution in [3.63, 3.8) is 0 Å². The Labute approximate surface area is 201 Å². The third-order valence-electron chi connectivity index (χ3n) is 6.02. The maximum absolute atomic E-state index is 13.6. The molecule has 8 nitrogen and oxygen atoms in total. The Kier molecular flexibility index (Phi) is 7.50. The van der Waals surface area contributed by atoms with Crippen LogP contribution in [-0.4, -0.2) is 51.2 Å². The zero-order valence-electron chi connectivity index (χ0n) is 19.3. The fourth-order valence-electron chi connectivity index (χ4n) is 4.16. The standard InChI is InChI=1S/C23H29ClF2N4O4/c1-22(2,3)19(21(34)27-11-16(31)32)28-20(33)17-14-5-4-6-15(24)18(14)30(29-17)12-13-7-9-23(25,26)10-8-13/h4-6,13,19H,7-12H2,1-3H3,(H,27,34)(H,28,33)(H,31,32). The summed E-state index contributed by atoms with van der Waals surface area (Å²) in [5.41, 5.74) is -0.144. The number of carboxylic acid groups (broad SMARTS) is 1. The number of aromatic nitrogens is 2. The lowest BCUT2D eigenvalue weighted by Gasteiger charge is -2.30. The second kappa shape index (κ2) is 9.85. The number of alkyl halides is 2. The van der Waals surface area contributed by atoms with Gasteiger partial charge >= 0.3 is 5.97 Å². The van der Waals surface area contributed by atoms with E-state index in [0.29, 0.717) is 35.3 Å². The zero-order chi connectivity index (χ0) is 25.3. The molecule has 186 valence electrons. The smallest absolute Gasteiger partial charge is 0.322 e. The molecule has 1 atom stereocenters. The van der Waals surface area contributed by atoms with Gasteiger partial charge in [0.05, 0.1) is 10.5 Å². The maximum atomic E-state index is 13.6. The number of nitrogens with one attached hydrogen (secondary N) is 2. The molecule has 0 radical (unpaired) electrons. The van der Waals surface area contributed by atoms with E-state index < -0.39 is 41.7 Å². The summed E-state index contributed by atoms with van der Waals surface area (Å²) in [7, 11) is 0. The Balaban J connectivity index is 1.88. The molecular formula is C23H29ClF2N4O4. The number of hydrogen-bond acceptors (Lipinski definition) is 4. The average molecular weight is 499 g/mol. The van der Waals surface area contributed by atoms with Gasteiger partial charge in [0.1, 0.15) is 12.6 Å². The van der Waals surface area contributed by atoms with Gasteiger partial charge in [0.25, 0.3) is 5.91 Å². The monoisotopic (exact) mass is 498 g/mol. The van der Waals surface area contributed by atoms with Crippen LogP contribution in [0.4, 0.5) is 8.78 Å². The molecule has 0 aliphatic heterocycles. The first-order valence-corrected chi connectivity index (χ1v) is 11.5. The number of carboxylic acids is 1. The summed E-state index contributed by atoms with van der Waals surface area (Å²) in [6.45, 7) is 4.99. The lowest BCUT2D eigenvalue weighted by atomic mass is 9.86. The minimum absolute atomic E-state index is 0.0287. The summed E-state index contributed by atoms with van der Waals surface area (Å²) >= 11 is 6.41. The van der Waals surface area contributed by atoms with Crippen molar-refractivity contribution in [2.75, 3.05) is 6.54 Å². The van der Waals surface area contributed by atoms with Crippen LogP contribution in [0.2, 0.25) is 5.02 Å². The van der Waals surface area contributed by atoms with Crippen LogP contribution in [0, 0.1) is 11.3 Å². The number of fused-ring (bicyclic) bond motifs is 1. The first-order valence-electron chi connectivity index (χ1n) is 11.1. The molecule has 1 fully saturated rings. The number of aliphatic carboxylic acids is 1. The van der Waals surface area contributed by atoms with E-state index in [2.05, 4.69) is 15.7 Å². The average Bonchev–Trinajstić information content (AvgIpc) is 3.10. The first-order chi connectivity index (χ1) is 15.8. The molecule has 3 rings (SSSR count). The van der Waals surface area contributed by atoms with Crippen molar-refractivity contribution in [1.29, 1.82) is 0 Å². The van der Waals surface area contributed by atoms with Crippen LogP contribution in [0.3, 0.4) is 0 Å². The molecule has 2 amide bonds. The quantitative estimate of drug-likeness (QED) is 0.536. The Hall–Kier alpha value is -2.75. The van der Waals surface area contributed by atoms with E-state index in [4.69, 9.17) is 16.7 Å². The molecule has 1 saturated carbocycles. The highest BCUT2D eigenvalue weighted by molar-refractivity contribution is 6.35. The van der Waals surface area contributed by atoms with E-state index in [1.807, 2.05) is 0 Å². The van der Waals surface area contributed by atoms with Gasteiger partial charge in [-0.25, -0.2) is 8.78 Å². The van der Waals surface area contributed by atoms with Gasteiger partial charge in [-0.05, 0) is 30.2 Å². The van der Waals surface area contributed by atoms with E-state index in [1.54, 1.807) is 43.7 Å². The Morgan fingerprint density at radius 2 is 1.91 bits per heavy atom. The highest BCUT2D eigenvalue weighted by Gasteiger charge is 2.36. The van der Waals surface area contributed by atoms with Gasteiger partial charge in [-0.3, -0.25) is 19.1 Å². The predicted molar refractivity (Wildman–Crippen MR) is 123 cm³/mol. The summed E-state index contributed by atoms with van der Waals surface area (Å²) in [5.74, 6) is -5.12. The van der Waals surface area contributed by atoms with E-state index in [1.165, 1.54) is 0 Å². The van der Waals surface area contributed by atoms with E-state index in [9.17, 15) is 23.2 Å². The second-order valence-corrected chi connectivity index (χ2v) is 10.3. The summed E-state index contributed by atoms with van der Waals surface area (Å²) in [6.07, 6.45) is 0.319. The number of carbonyl (C=O) groups excluding carboxylic acids is 2. The number of halogens is 3. The molecule has 1 aromatic carbocycles. The molecule has 1 aliphatic rings. The van der Waals surface area contributed by atoms with Crippen molar-refractivity contribution in [2.45, 2.75) is 65.0 Å². The lowest BCUT2D eigenvalue weighted by Crippen LogP contribution is -2.54. The van der Waals surface area contributed by atoms with Gasteiger partial charge in [-0.2, -0.15) is 5.10 Å². The van der Waals surface area contributed by atoms with E-state index in [-0.39, 0.29) is 24.5 Å². The second-order valence-electron chi connectivity index (χ2n) is 9.85. The minimum atomic E-state index is -2.64. The molecular weight excluding hydrogens is 470 g/mol. The number of para-hydroxylation sites is 1. The molecule has 1 heterocycles. The topological polar surface area (TPSA) is 113 Å². The maximum Gasteiger partial charge on any atom is 0.322 e. The van der Waals surface area contributed by atoms with Crippen molar-refractivity contribution in [3.05, 3.63) is 28.9 Å². The number of benzene rings is 1. The molecule has 2 aromatic rings. The first kappa shape index (κ1) is 25.9. The van der Waals surface area contributed by atoms with Gasteiger partial charge in [0.2, 0.25) is 11.8 Å². The number of hydrogen-bond donors (Lipinski definition) is 3. The van der Waals surface area contributed by atoms with Crippen LogP contribution in [0.5, 0.6) is 0 Å². The third kappa shape index (κ3) is 6.02. The fourth-order valence-corrected chi connectivity index (χ4v) is 4.43. The molecule has 34 heavy (non-hydrogen) atoms. The third-order valence-corrected chi connectivity index (χ3v) is 6.33. The minimum Gasteiger partial charge on any atom is -0.480 e. The Bertz CT molecular complexity index is 1090. The molecule has 0 bridgehead atoms.